The van der Waals surface area contributed by atoms with E-state index >= 15 is 0 Å². The van der Waals surface area contributed by atoms with E-state index in [-0.39, 0.29) is 30.4 Å². The summed E-state index contributed by atoms with van der Waals surface area (Å²) in [6, 6.07) is 13.9. The molecule has 7 heteroatoms. The molecule has 186 valence electrons. The molecule has 0 radical (unpaired) electrons. The fourth-order valence-corrected chi connectivity index (χ4v) is 5.14. The van der Waals surface area contributed by atoms with Crippen LogP contribution in [-0.4, -0.2) is 60.8 Å². The largest absolute Gasteiger partial charge is 0.496 e. The van der Waals surface area contributed by atoms with Gasteiger partial charge in [-0.25, -0.2) is 5.01 Å². The van der Waals surface area contributed by atoms with E-state index in [9.17, 15) is 9.59 Å². The highest BCUT2D eigenvalue weighted by molar-refractivity contribution is 6.04. The van der Waals surface area contributed by atoms with Crippen LogP contribution in [0.2, 0.25) is 0 Å². The number of benzene rings is 2. The summed E-state index contributed by atoms with van der Waals surface area (Å²) < 4.78 is 10.8. The maximum absolute atomic E-state index is 13.6. The molecular weight excluding hydrogens is 442 g/mol. The van der Waals surface area contributed by atoms with Gasteiger partial charge >= 0.3 is 5.97 Å². The Morgan fingerprint density at radius 2 is 1.94 bits per heavy atom. The first-order valence-corrected chi connectivity index (χ1v) is 12.4. The van der Waals surface area contributed by atoms with E-state index in [2.05, 4.69) is 36.9 Å². The van der Waals surface area contributed by atoms with E-state index in [0.29, 0.717) is 19.6 Å². The zero-order valence-electron chi connectivity index (χ0n) is 21.1. The van der Waals surface area contributed by atoms with Gasteiger partial charge in [0.15, 0.2) is 0 Å². The minimum atomic E-state index is -0.250. The van der Waals surface area contributed by atoms with Crippen molar-refractivity contribution in [3.05, 3.63) is 64.7 Å². The van der Waals surface area contributed by atoms with Crippen molar-refractivity contribution < 1.29 is 19.1 Å². The number of methoxy groups -OCH3 is 1. The number of rotatable bonds is 7. The van der Waals surface area contributed by atoms with Crippen LogP contribution in [0.1, 0.15) is 54.5 Å². The molecule has 2 aromatic rings. The summed E-state index contributed by atoms with van der Waals surface area (Å²) in [5.41, 5.74) is 5.24. The molecule has 2 atom stereocenters. The van der Waals surface area contributed by atoms with Crippen molar-refractivity contribution in [1.29, 1.82) is 0 Å². The van der Waals surface area contributed by atoms with Gasteiger partial charge in [-0.05, 0) is 51.8 Å². The van der Waals surface area contributed by atoms with Crippen LogP contribution < -0.4 is 4.74 Å². The SMILES string of the molecule is CCOC(=O)[C@H]1CCCN(CC(=O)N2N=C(c3ccc(C)cc3C)C[C@H]2c2ccccc2OC)C1. The summed E-state index contributed by atoms with van der Waals surface area (Å²) in [4.78, 5) is 28.0. The van der Waals surface area contributed by atoms with Crippen LogP contribution in [0.15, 0.2) is 47.6 Å². The Hall–Kier alpha value is -3.19. The van der Waals surface area contributed by atoms with Crippen LogP contribution in [0, 0.1) is 19.8 Å². The highest BCUT2D eigenvalue weighted by Crippen LogP contribution is 2.38. The van der Waals surface area contributed by atoms with Gasteiger partial charge in [0.25, 0.3) is 5.91 Å². The fourth-order valence-electron chi connectivity index (χ4n) is 5.14. The number of ether oxygens (including phenoxy) is 2. The number of para-hydroxylation sites is 1. The standard InChI is InChI=1S/C28H35N3O4/c1-5-35-28(33)21-9-8-14-30(17-21)18-27(32)31-25(23-10-6-7-11-26(23)34-4)16-24(29-31)22-13-12-19(2)15-20(22)3/h6-7,10-13,15,21,25H,5,8-9,14,16-18H2,1-4H3/t21-,25-/m0/s1. The Labute approximate surface area is 207 Å². The van der Waals surface area contributed by atoms with Crippen molar-refractivity contribution in [3.8, 4) is 5.75 Å². The van der Waals surface area contributed by atoms with Crippen LogP contribution in [0.25, 0.3) is 0 Å². The number of amides is 1. The molecule has 2 heterocycles. The molecule has 4 rings (SSSR count). The molecule has 0 saturated carbocycles. The average Bonchev–Trinajstić information content (AvgIpc) is 3.29. The highest BCUT2D eigenvalue weighted by atomic mass is 16.5. The molecule has 7 nitrogen and oxygen atoms in total. The minimum absolute atomic E-state index is 0.0785. The van der Waals surface area contributed by atoms with E-state index in [0.717, 1.165) is 47.5 Å². The van der Waals surface area contributed by atoms with Crippen molar-refractivity contribution in [2.24, 2.45) is 11.0 Å². The second kappa shape index (κ2) is 11.0. The van der Waals surface area contributed by atoms with Gasteiger partial charge in [0, 0.05) is 24.1 Å². The second-order valence-electron chi connectivity index (χ2n) is 9.39. The molecule has 0 spiro atoms. The highest BCUT2D eigenvalue weighted by Gasteiger charge is 2.36. The van der Waals surface area contributed by atoms with E-state index in [1.54, 1.807) is 12.1 Å². The number of carbonyl (C=O) groups excluding carboxylic acids is 2. The summed E-state index contributed by atoms with van der Waals surface area (Å²) in [7, 11) is 1.65. The van der Waals surface area contributed by atoms with E-state index in [4.69, 9.17) is 14.6 Å². The molecule has 0 aliphatic carbocycles. The Balaban J connectivity index is 1.59. The van der Waals surface area contributed by atoms with Gasteiger partial charge in [0.05, 0.1) is 37.9 Å². The zero-order chi connectivity index (χ0) is 24.9. The molecule has 2 aliphatic rings. The lowest BCUT2D eigenvalue weighted by molar-refractivity contribution is -0.150. The van der Waals surface area contributed by atoms with Crippen LogP contribution in [-0.2, 0) is 14.3 Å². The van der Waals surface area contributed by atoms with Gasteiger partial charge in [0.1, 0.15) is 5.75 Å². The van der Waals surface area contributed by atoms with E-state index in [1.807, 2.05) is 31.2 Å². The summed E-state index contributed by atoms with van der Waals surface area (Å²) in [6.45, 7) is 7.87. The third kappa shape index (κ3) is 5.56. The Kier molecular flexibility index (Phi) is 7.86. The van der Waals surface area contributed by atoms with Crippen molar-refractivity contribution >= 4 is 17.6 Å². The molecule has 35 heavy (non-hydrogen) atoms. The molecule has 0 aromatic heterocycles. The summed E-state index contributed by atoms with van der Waals surface area (Å²) in [5.74, 6) is 0.306. The monoisotopic (exact) mass is 477 g/mol. The van der Waals surface area contributed by atoms with E-state index in [1.165, 1.54) is 5.56 Å². The smallest absolute Gasteiger partial charge is 0.310 e. The molecule has 0 unspecified atom stereocenters. The van der Waals surface area contributed by atoms with Crippen LogP contribution >= 0.6 is 0 Å². The third-order valence-electron chi connectivity index (χ3n) is 6.84. The predicted octanol–water partition coefficient (Wildman–Crippen LogP) is 4.26. The topological polar surface area (TPSA) is 71.4 Å². The van der Waals surface area contributed by atoms with Crippen molar-refractivity contribution in [3.63, 3.8) is 0 Å². The number of hydrogen-bond donors (Lipinski definition) is 0. The van der Waals surface area contributed by atoms with Gasteiger partial charge < -0.3 is 9.47 Å². The normalized spacial score (nSPS) is 20.5. The van der Waals surface area contributed by atoms with Gasteiger partial charge in [-0.2, -0.15) is 5.10 Å². The molecule has 0 N–H and O–H groups in total. The number of carbonyl (C=O) groups is 2. The number of hydrogen-bond acceptors (Lipinski definition) is 6. The Morgan fingerprint density at radius 1 is 1.14 bits per heavy atom. The average molecular weight is 478 g/mol. The van der Waals surface area contributed by atoms with Gasteiger partial charge in [-0.15, -0.1) is 0 Å². The summed E-state index contributed by atoms with van der Waals surface area (Å²) >= 11 is 0. The maximum Gasteiger partial charge on any atom is 0.310 e. The van der Waals surface area contributed by atoms with Crippen LogP contribution in [0.5, 0.6) is 5.75 Å². The number of hydrazone groups is 1. The van der Waals surface area contributed by atoms with Gasteiger partial charge in [-0.3, -0.25) is 14.5 Å². The first kappa shape index (κ1) is 24.9. The van der Waals surface area contributed by atoms with Crippen molar-refractivity contribution in [1.82, 2.24) is 9.91 Å². The lowest BCUT2D eigenvalue weighted by atomic mass is 9.94. The molecule has 1 saturated heterocycles. The lowest BCUT2D eigenvalue weighted by Crippen LogP contribution is -2.44. The van der Waals surface area contributed by atoms with Crippen LogP contribution in [0.3, 0.4) is 0 Å². The van der Waals surface area contributed by atoms with Gasteiger partial charge in [-0.1, -0.05) is 42.0 Å². The maximum atomic E-state index is 13.6. The molecule has 0 bridgehead atoms. The zero-order valence-corrected chi connectivity index (χ0v) is 21.1. The number of esters is 1. The Bertz CT molecular complexity index is 1110. The quantitative estimate of drug-likeness (QED) is 0.557. The second-order valence-corrected chi connectivity index (χ2v) is 9.39. The lowest BCUT2D eigenvalue weighted by Gasteiger charge is -2.32. The molecular formula is C28H35N3O4. The number of aryl methyl sites for hydroxylation is 2. The summed E-state index contributed by atoms with van der Waals surface area (Å²) in [5, 5.41) is 6.48. The first-order chi connectivity index (χ1) is 16.9. The Morgan fingerprint density at radius 3 is 2.69 bits per heavy atom. The van der Waals surface area contributed by atoms with E-state index < -0.39 is 0 Å². The van der Waals surface area contributed by atoms with Crippen molar-refractivity contribution in [2.75, 3.05) is 33.4 Å². The van der Waals surface area contributed by atoms with Crippen molar-refractivity contribution in [2.45, 2.75) is 46.1 Å². The predicted molar refractivity (Wildman–Crippen MR) is 135 cm³/mol. The minimum Gasteiger partial charge on any atom is -0.496 e. The fraction of sp³-hybridized carbons (Fsp3) is 0.464. The van der Waals surface area contributed by atoms with Gasteiger partial charge in [0.2, 0.25) is 0 Å². The number of piperidine rings is 1. The molecule has 1 amide bonds. The molecule has 2 aliphatic heterocycles. The molecule has 2 aromatic carbocycles. The summed E-state index contributed by atoms with van der Waals surface area (Å²) in [6.07, 6.45) is 2.28. The first-order valence-electron chi connectivity index (χ1n) is 12.4. The van der Waals surface area contributed by atoms with Crippen LogP contribution in [0.4, 0.5) is 0 Å². The third-order valence-corrected chi connectivity index (χ3v) is 6.84. The number of likely N-dealkylation sites (tertiary alicyclic amines) is 1. The molecule has 1 fully saturated rings. The number of nitrogens with zero attached hydrogens (tertiary/aromatic N) is 3.